The number of benzene rings is 1. The van der Waals surface area contributed by atoms with Crippen LogP contribution in [0, 0.1) is 5.92 Å². The molecule has 1 N–H and O–H groups in total. The quantitative estimate of drug-likeness (QED) is 0.893. The minimum absolute atomic E-state index is 0.878. The van der Waals surface area contributed by atoms with Crippen molar-refractivity contribution in [2.24, 2.45) is 5.92 Å². The van der Waals surface area contributed by atoms with E-state index in [1.54, 1.807) is 11.1 Å². The van der Waals surface area contributed by atoms with Crippen LogP contribution in [0.15, 0.2) is 18.2 Å². The zero-order valence-corrected chi connectivity index (χ0v) is 12.1. The van der Waals surface area contributed by atoms with E-state index in [2.05, 4.69) is 35.5 Å². The van der Waals surface area contributed by atoms with Gasteiger partial charge < -0.3 is 10.2 Å². The molecule has 1 saturated heterocycles. The Morgan fingerprint density at radius 2 is 2.05 bits per heavy atom. The van der Waals surface area contributed by atoms with Gasteiger partial charge in [-0.3, -0.25) is 0 Å². The summed E-state index contributed by atoms with van der Waals surface area (Å²) in [5.74, 6) is 0.878. The summed E-state index contributed by atoms with van der Waals surface area (Å²) in [7, 11) is 2.05. The zero-order valence-electron chi connectivity index (χ0n) is 12.1. The third kappa shape index (κ3) is 2.94. The highest BCUT2D eigenvalue weighted by molar-refractivity contribution is 5.52. The molecule has 0 saturated carbocycles. The SMILES string of the molecule is CNCCC1CCN(c2ccc3c(c2)CCCC3)C1. The van der Waals surface area contributed by atoms with E-state index in [0.29, 0.717) is 0 Å². The Labute approximate surface area is 117 Å². The summed E-state index contributed by atoms with van der Waals surface area (Å²) in [5, 5.41) is 3.27. The highest BCUT2D eigenvalue weighted by Gasteiger charge is 2.22. The predicted molar refractivity (Wildman–Crippen MR) is 81.9 cm³/mol. The minimum Gasteiger partial charge on any atom is -0.371 e. The van der Waals surface area contributed by atoms with E-state index in [4.69, 9.17) is 0 Å². The van der Waals surface area contributed by atoms with Gasteiger partial charge in [0.1, 0.15) is 0 Å². The molecule has 0 bridgehead atoms. The Morgan fingerprint density at radius 3 is 2.89 bits per heavy atom. The molecule has 2 heteroatoms. The van der Waals surface area contributed by atoms with Gasteiger partial charge in [0.15, 0.2) is 0 Å². The Bertz CT molecular complexity index is 427. The molecule has 0 amide bonds. The standard InChI is InChI=1S/C17H26N2/c1-18-10-8-14-9-11-19(13-14)17-7-6-15-4-2-3-5-16(15)12-17/h6-7,12,14,18H,2-5,8-11,13H2,1H3. The first kappa shape index (κ1) is 13.0. The van der Waals surface area contributed by atoms with Gasteiger partial charge in [0.2, 0.25) is 0 Å². The summed E-state index contributed by atoms with van der Waals surface area (Å²) in [6, 6.07) is 7.20. The number of nitrogens with one attached hydrogen (secondary N) is 1. The first-order valence-electron chi connectivity index (χ1n) is 7.88. The van der Waals surface area contributed by atoms with Crippen molar-refractivity contribution in [2.75, 3.05) is 31.6 Å². The minimum atomic E-state index is 0.878. The molecule has 1 unspecified atom stereocenters. The average molecular weight is 258 g/mol. The molecule has 2 aliphatic rings. The summed E-state index contributed by atoms with van der Waals surface area (Å²) in [6.07, 6.45) is 8.01. The Kier molecular flexibility index (Phi) is 4.07. The number of hydrogen-bond donors (Lipinski definition) is 1. The monoisotopic (exact) mass is 258 g/mol. The third-order valence-electron chi connectivity index (χ3n) is 4.79. The lowest BCUT2D eigenvalue weighted by Crippen LogP contribution is -2.21. The van der Waals surface area contributed by atoms with Crippen LogP contribution in [0.3, 0.4) is 0 Å². The molecule has 104 valence electrons. The molecule has 0 spiro atoms. The van der Waals surface area contributed by atoms with Crippen LogP contribution < -0.4 is 10.2 Å². The van der Waals surface area contributed by atoms with E-state index in [0.717, 1.165) is 12.5 Å². The van der Waals surface area contributed by atoms with E-state index in [1.807, 2.05) is 0 Å². The first-order chi connectivity index (χ1) is 9.36. The van der Waals surface area contributed by atoms with Crippen LogP contribution in [0.25, 0.3) is 0 Å². The molecule has 1 aliphatic carbocycles. The summed E-state index contributed by atoms with van der Waals surface area (Å²) in [4.78, 5) is 2.59. The van der Waals surface area contributed by atoms with E-state index in [-0.39, 0.29) is 0 Å². The van der Waals surface area contributed by atoms with Gasteiger partial charge in [-0.1, -0.05) is 6.07 Å². The van der Waals surface area contributed by atoms with Crippen LogP contribution in [-0.4, -0.2) is 26.7 Å². The van der Waals surface area contributed by atoms with Gasteiger partial charge in [-0.25, -0.2) is 0 Å². The molecule has 1 heterocycles. The van der Waals surface area contributed by atoms with E-state index >= 15 is 0 Å². The van der Waals surface area contributed by atoms with Crippen molar-refractivity contribution in [3.63, 3.8) is 0 Å². The van der Waals surface area contributed by atoms with Gasteiger partial charge in [0.25, 0.3) is 0 Å². The number of hydrogen-bond acceptors (Lipinski definition) is 2. The van der Waals surface area contributed by atoms with Crippen LogP contribution >= 0.6 is 0 Å². The Hall–Kier alpha value is -1.02. The van der Waals surface area contributed by atoms with Crippen molar-refractivity contribution in [3.05, 3.63) is 29.3 Å². The molecule has 1 atom stereocenters. The molecule has 1 aromatic rings. The van der Waals surface area contributed by atoms with Gasteiger partial charge in [-0.15, -0.1) is 0 Å². The largest absolute Gasteiger partial charge is 0.371 e. The number of fused-ring (bicyclic) bond motifs is 1. The summed E-state index contributed by atoms with van der Waals surface area (Å²) in [6.45, 7) is 3.65. The molecule has 2 nitrogen and oxygen atoms in total. The molecule has 0 aromatic heterocycles. The molecule has 19 heavy (non-hydrogen) atoms. The average Bonchev–Trinajstić information content (AvgIpc) is 2.93. The van der Waals surface area contributed by atoms with Crippen LogP contribution in [-0.2, 0) is 12.8 Å². The lowest BCUT2D eigenvalue weighted by atomic mass is 9.91. The molecule has 1 fully saturated rings. The second kappa shape index (κ2) is 5.96. The fraction of sp³-hybridized carbons (Fsp3) is 0.647. The molecule has 1 aliphatic heterocycles. The summed E-state index contributed by atoms with van der Waals surface area (Å²) < 4.78 is 0. The van der Waals surface area contributed by atoms with Crippen molar-refractivity contribution in [1.29, 1.82) is 0 Å². The van der Waals surface area contributed by atoms with Crippen molar-refractivity contribution < 1.29 is 0 Å². The highest BCUT2D eigenvalue weighted by atomic mass is 15.1. The number of rotatable bonds is 4. The maximum atomic E-state index is 3.27. The third-order valence-corrected chi connectivity index (χ3v) is 4.79. The highest BCUT2D eigenvalue weighted by Crippen LogP contribution is 2.30. The second-order valence-corrected chi connectivity index (χ2v) is 6.15. The molecule has 0 radical (unpaired) electrons. The lowest BCUT2D eigenvalue weighted by molar-refractivity contribution is 0.521. The number of aryl methyl sites for hydroxylation is 2. The normalized spacial score (nSPS) is 22.6. The molecular weight excluding hydrogens is 232 g/mol. The van der Waals surface area contributed by atoms with Gasteiger partial charge in [0, 0.05) is 18.8 Å². The van der Waals surface area contributed by atoms with E-state index < -0.39 is 0 Å². The van der Waals surface area contributed by atoms with Crippen LogP contribution in [0.5, 0.6) is 0 Å². The molecule has 1 aromatic carbocycles. The fourth-order valence-electron chi connectivity index (χ4n) is 3.57. The summed E-state index contributed by atoms with van der Waals surface area (Å²) in [5.41, 5.74) is 4.68. The first-order valence-corrected chi connectivity index (χ1v) is 7.88. The van der Waals surface area contributed by atoms with Crippen LogP contribution in [0.1, 0.15) is 36.8 Å². The van der Waals surface area contributed by atoms with E-state index in [9.17, 15) is 0 Å². The molecule has 3 rings (SSSR count). The fourth-order valence-corrected chi connectivity index (χ4v) is 3.57. The second-order valence-electron chi connectivity index (χ2n) is 6.15. The Balaban J connectivity index is 1.66. The lowest BCUT2D eigenvalue weighted by Gasteiger charge is -2.23. The van der Waals surface area contributed by atoms with Gasteiger partial charge in [0.05, 0.1) is 0 Å². The summed E-state index contributed by atoms with van der Waals surface area (Å²) >= 11 is 0. The van der Waals surface area contributed by atoms with Crippen molar-refractivity contribution >= 4 is 5.69 Å². The predicted octanol–water partition coefficient (Wildman–Crippen LogP) is 3.00. The van der Waals surface area contributed by atoms with Gasteiger partial charge >= 0.3 is 0 Å². The Morgan fingerprint density at radius 1 is 1.21 bits per heavy atom. The van der Waals surface area contributed by atoms with Gasteiger partial charge in [-0.05, 0) is 81.3 Å². The zero-order chi connectivity index (χ0) is 13.1. The van der Waals surface area contributed by atoms with Crippen molar-refractivity contribution in [1.82, 2.24) is 5.32 Å². The molecular formula is C17H26N2. The maximum Gasteiger partial charge on any atom is 0.0369 e. The van der Waals surface area contributed by atoms with E-state index in [1.165, 1.54) is 57.3 Å². The number of anilines is 1. The van der Waals surface area contributed by atoms with Crippen molar-refractivity contribution in [3.8, 4) is 0 Å². The van der Waals surface area contributed by atoms with Crippen LogP contribution in [0.2, 0.25) is 0 Å². The number of nitrogens with zero attached hydrogens (tertiary/aromatic N) is 1. The van der Waals surface area contributed by atoms with Gasteiger partial charge in [-0.2, -0.15) is 0 Å². The smallest absolute Gasteiger partial charge is 0.0369 e. The van der Waals surface area contributed by atoms with Crippen molar-refractivity contribution in [2.45, 2.75) is 38.5 Å². The maximum absolute atomic E-state index is 3.27. The topological polar surface area (TPSA) is 15.3 Å². The van der Waals surface area contributed by atoms with Crippen LogP contribution in [0.4, 0.5) is 5.69 Å².